The fourth-order valence-corrected chi connectivity index (χ4v) is 2.28. The average Bonchev–Trinajstić information content (AvgIpc) is 2.19. The van der Waals surface area contributed by atoms with Crippen LogP contribution in [0.25, 0.3) is 0 Å². The van der Waals surface area contributed by atoms with Gasteiger partial charge in [0.25, 0.3) is 0 Å². The third-order valence-electron chi connectivity index (χ3n) is 1.96. The summed E-state index contributed by atoms with van der Waals surface area (Å²) >= 11 is 7.93. The van der Waals surface area contributed by atoms with Crippen LogP contribution in [-0.2, 0) is 6.42 Å². The van der Waals surface area contributed by atoms with E-state index in [1.54, 1.807) is 11.8 Å². The fraction of sp³-hybridized carbons (Fsp3) is 0.455. The van der Waals surface area contributed by atoms with E-state index in [9.17, 15) is 0 Å². The molecule has 0 radical (unpaired) electrons. The lowest BCUT2D eigenvalue weighted by Crippen LogP contribution is -2.10. The van der Waals surface area contributed by atoms with Crippen LogP contribution in [0.3, 0.4) is 0 Å². The predicted octanol–water partition coefficient (Wildman–Crippen LogP) is 3.21. The van der Waals surface area contributed by atoms with Gasteiger partial charge in [-0.3, -0.25) is 0 Å². The Balaban J connectivity index is 2.68. The zero-order valence-corrected chi connectivity index (χ0v) is 10.2. The maximum Gasteiger partial charge on any atom is 0.0544 e. The van der Waals surface area contributed by atoms with E-state index in [2.05, 4.69) is 30.4 Å². The predicted molar refractivity (Wildman–Crippen MR) is 65.5 cm³/mol. The standard InChI is InChI=1S/C11H16ClNS/c1-3-14-11-5-4-9(6-7-13-2)8-10(11)12/h4-5,8,13H,3,6-7H2,1-2H3. The number of hydrogen-bond donors (Lipinski definition) is 1. The molecule has 0 aliphatic heterocycles. The molecule has 0 unspecified atom stereocenters. The maximum absolute atomic E-state index is 6.15. The van der Waals surface area contributed by atoms with Crippen LogP contribution in [0, 0.1) is 0 Å². The van der Waals surface area contributed by atoms with Crippen molar-refractivity contribution in [2.45, 2.75) is 18.2 Å². The Morgan fingerprint density at radius 3 is 2.79 bits per heavy atom. The van der Waals surface area contributed by atoms with Crippen molar-refractivity contribution >= 4 is 23.4 Å². The lowest BCUT2D eigenvalue weighted by atomic mass is 10.1. The van der Waals surface area contributed by atoms with Crippen LogP contribution in [0.5, 0.6) is 0 Å². The minimum absolute atomic E-state index is 0.880. The van der Waals surface area contributed by atoms with E-state index in [-0.39, 0.29) is 0 Å². The highest BCUT2D eigenvalue weighted by molar-refractivity contribution is 7.99. The summed E-state index contributed by atoms with van der Waals surface area (Å²) in [5, 5.41) is 4.01. The van der Waals surface area contributed by atoms with Gasteiger partial charge in [-0.05, 0) is 43.5 Å². The molecule has 14 heavy (non-hydrogen) atoms. The first kappa shape index (κ1) is 11.9. The van der Waals surface area contributed by atoms with E-state index in [1.807, 2.05) is 7.05 Å². The molecule has 0 aromatic heterocycles. The SMILES string of the molecule is CCSc1ccc(CCNC)cc1Cl. The second kappa shape index (κ2) is 6.33. The second-order valence-corrected chi connectivity index (χ2v) is 4.76. The molecular formula is C11H16ClNS. The van der Waals surface area contributed by atoms with Crippen molar-refractivity contribution in [1.82, 2.24) is 5.32 Å². The van der Waals surface area contributed by atoms with Gasteiger partial charge in [-0.2, -0.15) is 0 Å². The largest absolute Gasteiger partial charge is 0.319 e. The van der Waals surface area contributed by atoms with Crippen molar-refractivity contribution in [3.05, 3.63) is 28.8 Å². The van der Waals surface area contributed by atoms with E-state index in [0.717, 1.165) is 23.7 Å². The first-order valence-corrected chi connectivity index (χ1v) is 6.20. The molecule has 0 atom stereocenters. The van der Waals surface area contributed by atoms with Crippen LogP contribution in [0.15, 0.2) is 23.1 Å². The summed E-state index contributed by atoms with van der Waals surface area (Å²) in [5.74, 6) is 1.07. The minimum Gasteiger partial charge on any atom is -0.319 e. The summed E-state index contributed by atoms with van der Waals surface area (Å²) in [6.07, 6.45) is 1.04. The Kier molecular flexibility index (Phi) is 5.38. The van der Waals surface area contributed by atoms with Gasteiger partial charge in [-0.25, -0.2) is 0 Å². The van der Waals surface area contributed by atoms with Gasteiger partial charge < -0.3 is 5.32 Å². The van der Waals surface area contributed by atoms with Gasteiger partial charge in [-0.15, -0.1) is 11.8 Å². The van der Waals surface area contributed by atoms with Gasteiger partial charge in [0.2, 0.25) is 0 Å². The van der Waals surface area contributed by atoms with Crippen molar-refractivity contribution < 1.29 is 0 Å². The molecule has 0 aliphatic carbocycles. The van der Waals surface area contributed by atoms with Gasteiger partial charge in [0.15, 0.2) is 0 Å². The first-order valence-electron chi connectivity index (χ1n) is 4.83. The molecule has 0 bridgehead atoms. The molecule has 3 heteroatoms. The molecule has 0 amide bonds. The molecular weight excluding hydrogens is 214 g/mol. The monoisotopic (exact) mass is 229 g/mol. The van der Waals surface area contributed by atoms with Crippen LogP contribution >= 0.6 is 23.4 Å². The van der Waals surface area contributed by atoms with Gasteiger partial charge in [0, 0.05) is 4.90 Å². The zero-order chi connectivity index (χ0) is 10.4. The summed E-state index contributed by atoms with van der Waals surface area (Å²) in [4.78, 5) is 1.18. The summed E-state index contributed by atoms with van der Waals surface area (Å²) in [5.41, 5.74) is 1.30. The Hall–Kier alpha value is -0.180. The Morgan fingerprint density at radius 2 is 2.21 bits per heavy atom. The lowest BCUT2D eigenvalue weighted by Gasteiger charge is -2.05. The van der Waals surface area contributed by atoms with E-state index >= 15 is 0 Å². The molecule has 0 fully saturated rings. The highest BCUT2D eigenvalue weighted by atomic mass is 35.5. The number of likely N-dealkylation sites (N-methyl/N-ethyl adjacent to an activating group) is 1. The molecule has 0 saturated carbocycles. The second-order valence-electron chi connectivity index (χ2n) is 3.05. The molecule has 0 saturated heterocycles. The van der Waals surface area contributed by atoms with Crippen LogP contribution in [0.2, 0.25) is 5.02 Å². The number of hydrogen-bond acceptors (Lipinski definition) is 2. The van der Waals surface area contributed by atoms with Crippen LogP contribution < -0.4 is 5.32 Å². The Bertz CT molecular complexity index is 289. The molecule has 1 nitrogen and oxygen atoms in total. The maximum atomic E-state index is 6.15. The molecule has 1 aromatic carbocycles. The fourth-order valence-electron chi connectivity index (χ4n) is 1.24. The number of halogens is 1. The smallest absolute Gasteiger partial charge is 0.0544 e. The number of rotatable bonds is 5. The number of nitrogens with one attached hydrogen (secondary N) is 1. The Morgan fingerprint density at radius 1 is 1.43 bits per heavy atom. The van der Waals surface area contributed by atoms with Crippen molar-refractivity contribution in [2.75, 3.05) is 19.3 Å². The Labute approximate surface area is 95.2 Å². The van der Waals surface area contributed by atoms with Crippen molar-refractivity contribution in [3.63, 3.8) is 0 Å². The molecule has 1 rings (SSSR count). The lowest BCUT2D eigenvalue weighted by molar-refractivity contribution is 0.791. The van der Waals surface area contributed by atoms with Gasteiger partial charge in [-0.1, -0.05) is 24.6 Å². The minimum atomic E-state index is 0.880. The zero-order valence-electron chi connectivity index (χ0n) is 8.64. The highest BCUT2D eigenvalue weighted by Crippen LogP contribution is 2.27. The summed E-state index contributed by atoms with van der Waals surface area (Å²) in [7, 11) is 1.96. The topological polar surface area (TPSA) is 12.0 Å². The van der Waals surface area contributed by atoms with E-state index < -0.39 is 0 Å². The molecule has 1 N–H and O–H groups in total. The molecule has 0 spiro atoms. The average molecular weight is 230 g/mol. The third-order valence-corrected chi connectivity index (χ3v) is 3.34. The van der Waals surface area contributed by atoms with Gasteiger partial charge in [0.05, 0.1) is 5.02 Å². The molecule has 0 aliphatic rings. The van der Waals surface area contributed by atoms with Crippen molar-refractivity contribution in [1.29, 1.82) is 0 Å². The first-order chi connectivity index (χ1) is 6.77. The summed E-state index contributed by atoms with van der Waals surface area (Å²) in [6, 6.07) is 6.33. The summed E-state index contributed by atoms with van der Waals surface area (Å²) < 4.78 is 0. The van der Waals surface area contributed by atoms with Gasteiger partial charge >= 0.3 is 0 Å². The van der Waals surface area contributed by atoms with Gasteiger partial charge in [0.1, 0.15) is 0 Å². The summed E-state index contributed by atoms with van der Waals surface area (Å²) in [6.45, 7) is 3.13. The van der Waals surface area contributed by atoms with Crippen molar-refractivity contribution in [2.24, 2.45) is 0 Å². The van der Waals surface area contributed by atoms with Crippen LogP contribution in [0.4, 0.5) is 0 Å². The van der Waals surface area contributed by atoms with Crippen molar-refractivity contribution in [3.8, 4) is 0 Å². The van der Waals surface area contributed by atoms with E-state index in [1.165, 1.54) is 10.5 Å². The third kappa shape index (κ3) is 3.52. The quantitative estimate of drug-likeness (QED) is 0.779. The highest BCUT2D eigenvalue weighted by Gasteiger charge is 2.01. The molecule has 78 valence electrons. The number of thioether (sulfide) groups is 1. The van der Waals surface area contributed by atoms with Crippen LogP contribution in [-0.4, -0.2) is 19.3 Å². The van der Waals surface area contributed by atoms with E-state index in [4.69, 9.17) is 11.6 Å². The molecule has 1 aromatic rings. The molecule has 0 heterocycles. The number of benzene rings is 1. The normalized spacial score (nSPS) is 10.5. The van der Waals surface area contributed by atoms with Crippen LogP contribution in [0.1, 0.15) is 12.5 Å². The van der Waals surface area contributed by atoms with E-state index in [0.29, 0.717) is 0 Å².